The molecule has 0 bridgehead atoms. The first kappa shape index (κ1) is 24.3. The first-order valence-electron chi connectivity index (χ1n) is 10.5. The van der Waals surface area contributed by atoms with Crippen LogP contribution in [0.15, 0.2) is 48.8 Å². The Bertz CT molecular complexity index is 1480. The van der Waals surface area contributed by atoms with Crippen molar-refractivity contribution in [3.05, 3.63) is 65.9 Å². The number of carbonyl (C=O) groups is 1. The highest BCUT2D eigenvalue weighted by Crippen LogP contribution is 2.31. The van der Waals surface area contributed by atoms with Crippen LogP contribution < -0.4 is 14.8 Å². The third-order valence-corrected chi connectivity index (χ3v) is 5.34. The van der Waals surface area contributed by atoms with Gasteiger partial charge in [0.2, 0.25) is 0 Å². The molecule has 0 aliphatic carbocycles. The Labute approximate surface area is 202 Å². The highest BCUT2D eigenvalue weighted by Gasteiger charge is 2.18. The summed E-state index contributed by atoms with van der Waals surface area (Å²) in [5, 5.41) is 22.2. The van der Waals surface area contributed by atoms with E-state index >= 15 is 0 Å². The van der Waals surface area contributed by atoms with Crippen molar-refractivity contribution < 1.29 is 32.5 Å². The molecule has 0 aliphatic heterocycles. The smallest absolute Gasteiger partial charge is 0.387 e. The number of alkyl halides is 2. The lowest BCUT2D eigenvalue weighted by molar-refractivity contribution is -0.0503. The molecular formula is C24H18F3N5O4. The number of fused-ring (bicyclic) bond motifs is 1. The molecule has 0 spiro atoms. The molecule has 2 heterocycles. The van der Waals surface area contributed by atoms with Gasteiger partial charge in [-0.05, 0) is 30.3 Å². The number of hydrogen-bond donors (Lipinski definition) is 2. The number of carboxylic acid groups (broad SMARTS) is 1. The van der Waals surface area contributed by atoms with Gasteiger partial charge in [0.15, 0.2) is 0 Å². The summed E-state index contributed by atoms with van der Waals surface area (Å²) in [6.07, 6.45) is 1.24. The Morgan fingerprint density at radius 1 is 1.19 bits per heavy atom. The van der Waals surface area contributed by atoms with Crippen molar-refractivity contribution in [3.8, 4) is 28.8 Å². The van der Waals surface area contributed by atoms with Crippen molar-refractivity contribution in [2.45, 2.75) is 13.2 Å². The number of nitriles is 1. The van der Waals surface area contributed by atoms with Crippen molar-refractivity contribution in [2.24, 2.45) is 0 Å². The average molecular weight is 497 g/mol. The monoisotopic (exact) mass is 497 g/mol. The van der Waals surface area contributed by atoms with E-state index in [-0.39, 0.29) is 24.3 Å². The van der Waals surface area contributed by atoms with Crippen LogP contribution in [0.3, 0.4) is 0 Å². The molecule has 0 fully saturated rings. The minimum absolute atomic E-state index is 0.218. The first-order valence-corrected chi connectivity index (χ1v) is 10.5. The number of ether oxygens (including phenoxy) is 2. The van der Waals surface area contributed by atoms with Gasteiger partial charge in [-0.3, -0.25) is 0 Å². The average Bonchev–Trinajstić information content (AvgIpc) is 3.23. The van der Waals surface area contributed by atoms with Gasteiger partial charge in [-0.2, -0.15) is 14.0 Å². The van der Waals surface area contributed by atoms with Gasteiger partial charge in [-0.15, -0.1) is 0 Å². The number of hydrogen-bond acceptors (Lipinski definition) is 7. The maximum atomic E-state index is 14.6. The summed E-state index contributed by atoms with van der Waals surface area (Å²) in [7, 11) is 1.46. The molecule has 0 saturated heterocycles. The fourth-order valence-corrected chi connectivity index (χ4v) is 3.77. The Kier molecular flexibility index (Phi) is 6.91. The molecule has 9 nitrogen and oxygen atoms in total. The van der Waals surface area contributed by atoms with Crippen LogP contribution in [0.4, 0.5) is 19.0 Å². The van der Waals surface area contributed by atoms with E-state index in [0.29, 0.717) is 28.2 Å². The van der Waals surface area contributed by atoms with Gasteiger partial charge in [-0.1, -0.05) is 6.07 Å². The fourth-order valence-electron chi connectivity index (χ4n) is 3.77. The van der Waals surface area contributed by atoms with Gasteiger partial charge in [0.1, 0.15) is 46.8 Å². The van der Waals surface area contributed by atoms with Gasteiger partial charge in [0, 0.05) is 30.1 Å². The molecule has 0 radical (unpaired) electrons. The SMILES string of the molecule is COc1ccc(F)c2c1cc(C#N)n2CCNc1cc(-c2ccc(C(=O)O)c(OC(F)F)c2)ncn1. The minimum Gasteiger partial charge on any atom is -0.496 e. The van der Waals surface area contributed by atoms with Crippen molar-refractivity contribution >= 4 is 22.7 Å². The predicted octanol–water partition coefficient (Wildman–Crippen LogP) is 4.53. The zero-order chi connectivity index (χ0) is 25.8. The number of methoxy groups -OCH3 is 1. The van der Waals surface area contributed by atoms with E-state index in [1.54, 1.807) is 6.07 Å². The summed E-state index contributed by atoms with van der Waals surface area (Å²) >= 11 is 0. The topological polar surface area (TPSA) is 122 Å². The van der Waals surface area contributed by atoms with E-state index in [0.717, 1.165) is 12.1 Å². The number of carboxylic acids is 1. The molecule has 12 heteroatoms. The van der Waals surface area contributed by atoms with Gasteiger partial charge in [0.25, 0.3) is 0 Å². The Balaban J connectivity index is 1.56. The second-order valence-electron chi connectivity index (χ2n) is 7.41. The molecule has 2 aromatic heterocycles. The molecule has 0 saturated carbocycles. The van der Waals surface area contributed by atoms with Crippen LogP contribution in [0.1, 0.15) is 16.1 Å². The predicted molar refractivity (Wildman–Crippen MR) is 123 cm³/mol. The van der Waals surface area contributed by atoms with Crippen LogP contribution in [0.25, 0.3) is 22.2 Å². The molecule has 0 unspecified atom stereocenters. The number of rotatable bonds is 9. The Morgan fingerprint density at radius 2 is 2.00 bits per heavy atom. The molecule has 0 atom stereocenters. The summed E-state index contributed by atoms with van der Waals surface area (Å²) < 4.78 is 51.2. The normalized spacial score (nSPS) is 10.9. The molecule has 36 heavy (non-hydrogen) atoms. The van der Waals surface area contributed by atoms with E-state index in [1.165, 1.54) is 42.3 Å². The molecule has 184 valence electrons. The van der Waals surface area contributed by atoms with Gasteiger partial charge >= 0.3 is 12.6 Å². The fraction of sp³-hybridized carbons (Fsp3) is 0.167. The molecule has 0 aliphatic rings. The van der Waals surface area contributed by atoms with Crippen LogP contribution in [0, 0.1) is 17.1 Å². The molecule has 2 aromatic carbocycles. The minimum atomic E-state index is -3.20. The first-order chi connectivity index (χ1) is 17.3. The standard InChI is InChI=1S/C24H18F3N5O4/c1-35-19-5-4-17(25)22-16(19)9-14(11-28)32(22)7-6-29-21-10-18(30-12-31-21)13-2-3-15(23(33)34)20(8-13)36-24(26)27/h2-5,8-10,12,24H,6-7H2,1H3,(H,33,34)(H,29,30,31). The molecule has 2 N–H and O–H groups in total. The number of aromatic nitrogens is 3. The summed E-state index contributed by atoms with van der Waals surface area (Å²) in [5.41, 5.74) is 0.731. The number of nitrogens with one attached hydrogen (secondary N) is 1. The highest BCUT2D eigenvalue weighted by atomic mass is 19.3. The van der Waals surface area contributed by atoms with E-state index in [9.17, 15) is 28.3 Å². The maximum absolute atomic E-state index is 14.6. The van der Waals surface area contributed by atoms with E-state index < -0.39 is 29.7 Å². The number of benzene rings is 2. The van der Waals surface area contributed by atoms with Crippen LogP contribution in [-0.4, -0.2) is 45.9 Å². The molecular weight excluding hydrogens is 479 g/mol. The summed E-state index contributed by atoms with van der Waals surface area (Å²) in [4.78, 5) is 19.5. The number of nitrogens with zero attached hydrogens (tertiary/aromatic N) is 4. The van der Waals surface area contributed by atoms with Crippen LogP contribution in [-0.2, 0) is 6.54 Å². The summed E-state index contributed by atoms with van der Waals surface area (Å²) in [6, 6.07) is 11.6. The van der Waals surface area contributed by atoms with E-state index in [2.05, 4.69) is 26.1 Å². The zero-order valence-electron chi connectivity index (χ0n) is 18.7. The van der Waals surface area contributed by atoms with Crippen LogP contribution >= 0.6 is 0 Å². The lowest BCUT2D eigenvalue weighted by Crippen LogP contribution is -2.13. The zero-order valence-corrected chi connectivity index (χ0v) is 18.7. The third-order valence-electron chi connectivity index (χ3n) is 5.34. The summed E-state index contributed by atoms with van der Waals surface area (Å²) in [5.74, 6) is -1.59. The Morgan fingerprint density at radius 3 is 2.69 bits per heavy atom. The number of halogens is 3. The molecule has 4 aromatic rings. The van der Waals surface area contributed by atoms with Crippen LogP contribution in [0.5, 0.6) is 11.5 Å². The second-order valence-corrected chi connectivity index (χ2v) is 7.41. The maximum Gasteiger partial charge on any atom is 0.387 e. The second kappa shape index (κ2) is 10.2. The highest BCUT2D eigenvalue weighted by molar-refractivity contribution is 5.92. The molecule has 4 rings (SSSR count). The Hall–Kier alpha value is -4.79. The number of anilines is 1. The van der Waals surface area contributed by atoms with Crippen molar-refractivity contribution in [1.29, 1.82) is 5.26 Å². The quantitative estimate of drug-likeness (QED) is 0.346. The van der Waals surface area contributed by atoms with Crippen LogP contribution in [0.2, 0.25) is 0 Å². The largest absolute Gasteiger partial charge is 0.496 e. The van der Waals surface area contributed by atoms with Crippen molar-refractivity contribution in [1.82, 2.24) is 14.5 Å². The lowest BCUT2D eigenvalue weighted by atomic mass is 10.1. The van der Waals surface area contributed by atoms with Gasteiger partial charge in [-0.25, -0.2) is 19.2 Å². The van der Waals surface area contributed by atoms with Gasteiger partial charge in [0.05, 0.1) is 18.3 Å². The lowest BCUT2D eigenvalue weighted by Gasteiger charge is -2.12. The van der Waals surface area contributed by atoms with Crippen molar-refractivity contribution in [2.75, 3.05) is 19.0 Å². The third kappa shape index (κ3) is 4.85. The summed E-state index contributed by atoms with van der Waals surface area (Å²) in [6.45, 7) is -2.73. The van der Waals surface area contributed by atoms with E-state index in [1.807, 2.05) is 0 Å². The van der Waals surface area contributed by atoms with Crippen molar-refractivity contribution in [3.63, 3.8) is 0 Å². The number of aromatic carboxylic acids is 1. The van der Waals surface area contributed by atoms with Gasteiger partial charge < -0.3 is 24.5 Å². The molecule has 0 amide bonds. The van der Waals surface area contributed by atoms with E-state index in [4.69, 9.17) is 4.74 Å².